The Morgan fingerprint density at radius 3 is 2.50 bits per heavy atom. The SMILES string of the molecule is CN(C(=O)[C@@H](N)CCc1ccccc1)[C@H](C=O)CCCN=C(N)N. The van der Waals surface area contributed by atoms with Crippen LogP contribution < -0.4 is 17.2 Å². The maximum atomic E-state index is 12.4. The fraction of sp³-hybridized carbons (Fsp3) is 0.471. The number of aryl methyl sites for hydroxylation is 1. The quantitative estimate of drug-likeness (QED) is 0.241. The zero-order valence-electron chi connectivity index (χ0n) is 14.1. The lowest BCUT2D eigenvalue weighted by molar-refractivity contribution is -0.136. The van der Waals surface area contributed by atoms with E-state index in [1.54, 1.807) is 7.05 Å². The summed E-state index contributed by atoms with van der Waals surface area (Å²) in [5.74, 6) is -0.213. The molecule has 1 aromatic carbocycles. The Bertz CT molecular complexity index is 543. The minimum absolute atomic E-state index is 0.0185. The summed E-state index contributed by atoms with van der Waals surface area (Å²) in [4.78, 5) is 28.9. The van der Waals surface area contributed by atoms with Gasteiger partial charge in [0.15, 0.2) is 5.96 Å². The molecular formula is C17H27N5O2. The van der Waals surface area contributed by atoms with Crippen molar-refractivity contribution in [2.45, 2.75) is 37.8 Å². The monoisotopic (exact) mass is 333 g/mol. The second-order valence-electron chi connectivity index (χ2n) is 5.73. The van der Waals surface area contributed by atoms with Crippen molar-refractivity contribution in [1.29, 1.82) is 0 Å². The second-order valence-corrected chi connectivity index (χ2v) is 5.73. The first-order valence-electron chi connectivity index (χ1n) is 8.02. The first-order valence-corrected chi connectivity index (χ1v) is 8.02. The third kappa shape index (κ3) is 6.78. The van der Waals surface area contributed by atoms with Gasteiger partial charge in [-0.05, 0) is 31.2 Å². The van der Waals surface area contributed by atoms with Gasteiger partial charge in [-0.2, -0.15) is 0 Å². The highest BCUT2D eigenvalue weighted by Gasteiger charge is 2.23. The molecule has 132 valence electrons. The second kappa shape index (κ2) is 10.4. The molecule has 0 bridgehead atoms. The number of amides is 1. The fourth-order valence-corrected chi connectivity index (χ4v) is 2.38. The smallest absolute Gasteiger partial charge is 0.239 e. The molecule has 1 aromatic rings. The number of aliphatic imine (C=N–C) groups is 1. The van der Waals surface area contributed by atoms with Crippen LogP contribution in [-0.2, 0) is 16.0 Å². The van der Waals surface area contributed by atoms with Crippen molar-refractivity contribution in [3.63, 3.8) is 0 Å². The van der Waals surface area contributed by atoms with Gasteiger partial charge in [-0.1, -0.05) is 30.3 Å². The molecule has 0 unspecified atom stereocenters. The highest BCUT2D eigenvalue weighted by atomic mass is 16.2. The minimum atomic E-state index is -0.629. The number of aldehydes is 1. The zero-order chi connectivity index (χ0) is 17.9. The largest absolute Gasteiger partial charge is 0.370 e. The van der Waals surface area contributed by atoms with Crippen LogP contribution in [0.15, 0.2) is 35.3 Å². The van der Waals surface area contributed by atoms with E-state index in [9.17, 15) is 9.59 Å². The molecule has 0 radical (unpaired) electrons. The predicted molar refractivity (Wildman–Crippen MR) is 95.3 cm³/mol. The number of nitrogens with two attached hydrogens (primary N) is 3. The highest BCUT2D eigenvalue weighted by molar-refractivity contribution is 5.84. The average molecular weight is 333 g/mol. The van der Waals surface area contributed by atoms with Gasteiger partial charge in [0.05, 0.1) is 12.1 Å². The molecule has 0 saturated carbocycles. The number of rotatable bonds is 10. The van der Waals surface area contributed by atoms with Gasteiger partial charge in [0, 0.05) is 13.6 Å². The van der Waals surface area contributed by atoms with E-state index in [1.165, 1.54) is 4.90 Å². The van der Waals surface area contributed by atoms with Gasteiger partial charge >= 0.3 is 0 Å². The molecule has 0 heterocycles. The number of nitrogens with zero attached hydrogens (tertiary/aromatic N) is 2. The van der Waals surface area contributed by atoms with E-state index in [2.05, 4.69) is 4.99 Å². The Morgan fingerprint density at radius 2 is 1.92 bits per heavy atom. The molecule has 7 nitrogen and oxygen atoms in total. The van der Waals surface area contributed by atoms with Gasteiger partial charge in [0.2, 0.25) is 5.91 Å². The van der Waals surface area contributed by atoms with E-state index in [0.29, 0.717) is 25.8 Å². The molecule has 0 saturated heterocycles. The van der Waals surface area contributed by atoms with Gasteiger partial charge in [-0.15, -0.1) is 0 Å². The zero-order valence-corrected chi connectivity index (χ0v) is 14.1. The standard InChI is InChI=1S/C17H27N5O2/c1-22(14(12-23)8-5-11-21-17(19)20)16(24)15(18)10-9-13-6-3-2-4-7-13/h2-4,6-7,12,14-15H,5,8-11,18H2,1H3,(H4,19,20,21)/t14-,15-/m0/s1. The van der Waals surface area contributed by atoms with Crippen LogP contribution in [0, 0.1) is 0 Å². The Hall–Kier alpha value is -2.41. The average Bonchev–Trinajstić information content (AvgIpc) is 2.59. The van der Waals surface area contributed by atoms with Crippen molar-refractivity contribution < 1.29 is 9.59 Å². The minimum Gasteiger partial charge on any atom is -0.370 e. The van der Waals surface area contributed by atoms with Crippen molar-refractivity contribution in [3.8, 4) is 0 Å². The molecule has 7 heteroatoms. The first kappa shape index (κ1) is 19.6. The Balaban J connectivity index is 2.47. The number of hydrogen-bond donors (Lipinski definition) is 3. The van der Waals surface area contributed by atoms with E-state index in [-0.39, 0.29) is 11.9 Å². The molecule has 24 heavy (non-hydrogen) atoms. The number of guanidine groups is 1. The van der Waals surface area contributed by atoms with Crippen LogP contribution in [0.4, 0.5) is 0 Å². The summed E-state index contributed by atoms with van der Waals surface area (Å²) in [6.45, 7) is 0.425. The Kier molecular flexibility index (Phi) is 8.49. The molecule has 1 rings (SSSR count). The van der Waals surface area contributed by atoms with Crippen molar-refractivity contribution >= 4 is 18.2 Å². The van der Waals surface area contributed by atoms with E-state index in [4.69, 9.17) is 17.2 Å². The fourth-order valence-electron chi connectivity index (χ4n) is 2.38. The van der Waals surface area contributed by atoms with Gasteiger partial charge in [-0.25, -0.2) is 0 Å². The molecule has 0 aliphatic heterocycles. The van der Waals surface area contributed by atoms with Crippen LogP contribution in [0.3, 0.4) is 0 Å². The van der Waals surface area contributed by atoms with Gasteiger partial charge in [0.25, 0.3) is 0 Å². The number of benzene rings is 1. The van der Waals surface area contributed by atoms with Crippen molar-refractivity contribution in [3.05, 3.63) is 35.9 Å². The first-order chi connectivity index (χ1) is 11.5. The number of carbonyl (C=O) groups is 2. The van der Waals surface area contributed by atoms with Gasteiger partial charge in [-0.3, -0.25) is 9.79 Å². The summed E-state index contributed by atoms with van der Waals surface area (Å²) in [7, 11) is 1.60. The number of carbonyl (C=O) groups excluding carboxylic acids is 2. The summed E-state index contributed by atoms with van der Waals surface area (Å²) >= 11 is 0. The Labute approximate surface area is 142 Å². The van der Waals surface area contributed by atoms with E-state index in [1.807, 2.05) is 30.3 Å². The maximum Gasteiger partial charge on any atom is 0.239 e. The summed E-state index contributed by atoms with van der Waals surface area (Å²) in [5, 5.41) is 0. The Morgan fingerprint density at radius 1 is 1.25 bits per heavy atom. The van der Waals surface area contributed by atoms with Crippen LogP contribution in [0.5, 0.6) is 0 Å². The highest BCUT2D eigenvalue weighted by Crippen LogP contribution is 2.09. The van der Waals surface area contributed by atoms with Gasteiger partial charge < -0.3 is 26.9 Å². The third-order valence-electron chi connectivity index (χ3n) is 3.86. The normalized spacial score (nSPS) is 12.9. The molecule has 0 spiro atoms. The third-order valence-corrected chi connectivity index (χ3v) is 3.86. The predicted octanol–water partition coefficient (Wildman–Crippen LogP) is 0.0260. The lowest BCUT2D eigenvalue weighted by Gasteiger charge is -2.26. The van der Waals surface area contributed by atoms with E-state index >= 15 is 0 Å². The van der Waals surface area contributed by atoms with Crippen LogP contribution >= 0.6 is 0 Å². The van der Waals surface area contributed by atoms with E-state index in [0.717, 1.165) is 18.3 Å². The molecule has 0 aliphatic rings. The molecule has 0 aromatic heterocycles. The van der Waals surface area contributed by atoms with Crippen LogP contribution in [-0.4, -0.2) is 48.7 Å². The molecule has 2 atom stereocenters. The summed E-state index contributed by atoms with van der Waals surface area (Å²) in [5.41, 5.74) is 17.6. The molecule has 6 N–H and O–H groups in total. The van der Waals surface area contributed by atoms with E-state index < -0.39 is 12.1 Å². The molecule has 1 amide bonds. The van der Waals surface area contributed by atoms with Crippen LogP contribution in [0.2, 0.25) is 0 Å². The van der Waals surface area contributed by atoms with Crippen LogP contribution in [0.1, 0.15) is 24.8 Å². The number of hydrogen-bond acceptors (Lipinski definition) is 4. The van der Waals surface area contributed by atoms with Crippen molar-refractivity contribution in [2.24, 2.45) is 22.2 Å². The molecular weight excluding hydrogens is 306 g/mol. The van der Waals surface area contributed by atoms with Crippen LogP contribution in [0.25, 0.3) is 0 Å². The topological polar surface area (TPSA) is 128 Å². The van der Waals surface area contributed by atoms with Crippen molar-refractivity contribution in [2.75, 3.05) is 13.6 Å². The maximum absolute atomic E-state index is 12.4. The van der Waals surface area contributed by atoms with Crippen molar-refractivity contribution in [1.82, 2.24) is 4.90 Å². The lowest BCUT2D eigenvalue weighted by atomic mass is 10.0. The van der Waals surface area contributed by atoms with Gasteiger partial charge in [0.1, 0.15) is 6.29 Å². The summed E-state index contributed by atoms with van der Waals surface area (Å²) in [6, 6.07) is 8.70. The molecule has 0 aliphatic carbocycles. The molecule has 0 fully saturated rings. The number of likely N-dealkylation sites (N-methyl/N-ethyl adjacent to an activating group) is 1. The lowest BCUT2D eigenvalue weighted by Crippen LogP contribution is -2.47. The summed E-state index contributed by atoms with van der Waals surface area (Å²) < 4.78 is 0. The summed E-state index contributed by atoms with van der Waals surface area (Å²) in [6.07, 6.45) is 3.12.